The average Bonchev–Trinajstić information content (AvgIpc) is 2.64. The Morgan fingerprint density at radius 1 is 1.23 bits per heavy atom. The molecule has 1 aromatic carbocycles. The minimum atomic E-state index is -0.527. The Morgan fingerprint density at radius 2 is 1.85 bits per heavy atom. The van der Waals surface area contributed by atoms with Crippen LogP contribution in [0.5, 0.6) is 11.5 Å². The van der Waals surface area contributed by atoms with Crippen LogP contribution in [0.25, 0.3) is 0 Å². The van der Waals surface area contributed by atoms with Crippen molar-refractivity contribution >= 4 is 18.3 Å². The van der Waals surface area contributed by atoms with Crippen molar-refractivity contribution in [2.75, 3.05) is 33.0 Å². The highest BCUT2D eigenvalue weighted by Crippen LogP contribution is 2.33. The van der Waals surface area contributed by atoms with Gasteiger partial charge in [-0.15, -0.1) is 12.4 Å². The van der Waals surface area contributed by atoms with Gasteiger partial charge in [0, 0.05) is 19.8 Å². The van der Waals surface area contributed by atoms with Crippen LogP contribution in [0.2, 0.25) is 0 Å². The van der Waals surface area contributed by atoms with Crippen LogP contribution in [0, 0.1) is 5.41 Å². The Balaban J connectivity index is 0.00000338. The molecule has 0 bridgehead atoms. The van der Waals surface area contributed by atoms with Gasteiger partial charge in [-0.25, -0.2) is 0 Å². The summed E-state index contributed by atoms with van der Waals surface area (Å²) in [6, 6.07) is 5.63. The summed E-state index contributed by atoms with van der Waals surface area (Å²) in [5, 5.41) is 3.11. The highest BCUT2D eigenvalue weighted by atomic mass is 35.5. The highest BCUT2D eigenvalue weighted by Gasteiger charge is 2.39. The molecule has 1 saturated heterocycles. The van der Waals surface area contributed by atoms with Crippen LogP contribution >= 0.6 is 12.4 Å². The standard InChI is InChI=1S/C19H30N2O4.ClH/c1-4-24-16-7-6-15(12-17(16)25-5-2)14(3)21-18(22)19(13-20)8-10-23-11-9-19;/h6-7,12,14H,4-5,8-11,13,20H2,1-3H3,(H,21,22);1H. The maximum absolute atomic E-state index is 12.8. The van der Waals surface area contributed by atoms with E-state index in [1.165, 1.54) is 0 Å². The van der Waals surface area contributed by atoms with E-state index in [2.05, 4.69) is 5.32 Å². The van der Waals surface area contributed by atoms with Crippen molar-refractivity contribution in [3.8, 4) is 11.5 Å². The number of hydrogen-bond acceptors (Lipinski definition) is 5. The first kappa shape index (κ1) is 22.5. The van der Waals surface area contributed by atoms with Gasteiger partial charge in [0.2, 0.25) is 5.91 Å². The summed E-state index contributed by atoms with van der Waals surface area (Å²) >= 11 is 0. The van der Waals surface area contributed by atoms with Gasteiger partial charge in [0.05, 0.1) is 24.7 Å². The van der Waals surface area contributed by atoms with Gasteiger partial charge >= 0.3 is 0 Å². The molecule has 1 aliphatic rings. The smallest absolute Gasteiger partial charge is 0.228 e. The zero-order valence-electron chi connectivity index (χ0n) is 15.9. The number of rotatable bonds is 8. The van der Waals surface area contributed by atoms with E-state index in [1.807, 2.05) is 39.0 Å². The Kier molecular flexibility index (Phi) is 9.19. The fraction of sp³-hybridized carbons (Fsp3) is 0.632. The van der Waals surface area contributed by atoms with E-state index < -0.39 is 5.41 Å². The Hall–Kier alpha value is -1.50. The minimum Gasteiger partial charge on any atom is -0.490 e. The molecule has 1 aliphatic heterocycles. The van der Waals surface area contributed by atoms with Crippen molar-refractivity contribution in [2.24, 2.45) is 11.1 Å². The maximum atomic E-state index is 12.8. The van der Waals surface area contributed by atoms with Gasteiger partial charge in [0.15, 0.2) is 11.5 Å². The van der Waals surface area contributed by atoms with Crippen LogP contribution in [0.3, 0.4) is 0 Å². The number of benzene rings is 1. The summed E-state index contributed by atoms with van der Waals surface area (Å²) in [6.07, 6.45) is 1.32. The summed E-state index contributed by atoms with van der Waals surface area (Å²) in [5.74, 6) is 1.41. The van der Waals surface area contributed by atoms with Gasteiger partial charge in [0.1, 0.15) is 0 Å². The lowest BCUT2D eigenvalue weighted by molar-refractivity contribution is -0.136. The zero-order valence-corrected chi connectivity index (χ0v) is 16.7. The molecule has 0 saturated carbocycles. The minimum absolute atomic E-state index is 0. The van der Waals surface area contributed by atoms with Crippen LogP contribution in [0.4, 0.5) is 0 Å². The van der Waals surface area contributed by atoms with E-state index in [1.54, 1.807) is 0 Å². The van der Waals surface area contributed by atoms with Gasteiger partial charge in [-0.3, -0.25) is 4.79 Å². The third-order valence-corrected chi connectivity index (χ3v) is 4.74. The van der Waals surface area contributed by atoms with Crippen molar-refractivity contribution in [3.63, 3.8) is 0 Å². The van der Waals surface area contributed by atoms with Gasteiger partial charge in [0.25, 0.3) is 0 Å². The Labute approximate surface area is 162 Å². The molecule has 1 amide bonds. The third-order valence-electron chi connectivity index (χ3n) is 4.74. The Bertz CT molecular complexity index is 577. The fourth-order valence-corrected chi connectivity index (χ4v) is 3.06. The quantitative estimate of drug-likeness (QED) is 0.717. The fourth-order valence-electron chi connectivity index (χ4n) is 3.06. The van der Waals surface area contributed by atoms with Crippen molar-refractivity contribution in [2.45, 2.75) is 39.7 Å². The molecule has 1 atom stereocenters. The molecule has 0 aliphatic carbocycles. The summed E-state index contributed by atoms with van der Waals surface area (Å²) in [5.41, 5.74) is 6.36. The predicted molar refractivity (Wildman–Crippen MR) is 104 cm³/mol. The highest BCUT2D eigenvalue weighted by molar-refractivity contribution is 5.85. The molecule has 0 radical (unpaired) electrons. The number of ether oxygens (including phenoxy) is 3. The maximum Gasteiger partial charge on any atom is 0.228 e. The normalized spacial score (nSPS) is 16.9. The molecule has 0 spiro atoms. The molecule has 6 nitrogen and oxygen atoms in total. The van der Waals surface area contributed by atoms with Crippen molar-refractivity contribution in [3.05, 3.63) is 23.8 Å². The van der Waals surface area contributed by atoms with Crippen molar-refractivity contribution in [1.82, 2.24) is 5.32 Å². The topological polar surface area (TPSA) is 82.8 Å². The molecular weight excluding hydrogens is 356 g/mol. The predicted octanol–water partition coefficient (Wildman–Crippen LogP) is 2.84. The van der Waals surface area contributed by atoms with E-state index in [9.17, 15) is 4.79 Å². The summed E-state index contributed by atoms with van der Waals surface area (Å²) in [7, 11) is 0. The van der Waals surface area contributed by atoms with Crippen molar-refractivity contribution < 1.29 is 19.0 Å². The van der Waals surface area contributed by atoms with E-state index in [-0.39, 0.29) is 24.4 Å². The van der Waals surface area contributed by atoms with Crippen LogP contribution in [-0.2, 0) is 9.53 Å². The van der Waals surface area contributed by atoms with Gasteiger partial charge in [-0.1, -0.05) is 6.07 Å². The lowest BCUT2D eigenvalue weighted by Crippen LogP contribution is -2.49. The molecule has 1 aromatic rings. The average molecular weight is 387 g/mol. The first-order chi connectivity index (χ1) is 12.1. The molecule has 2 rings (SSSR count). The van der Waals surface area contributed by atoms with Crippen LogP contribution in [0.1, 0.15) is 45.2 Å². The number of halogens is 1. The second-order valence-electron chi connectivity index (χ2n) is 6.36. The summed E-state index contributed by atoms with van der Waals surface area (Å²) < 4.78 is 16.6. The van der Waals surface area contributed by atoms with E-state index in [4.69, 9.17) is 19.9 Å². The van der Waals surface area contributed by atoms with Crippen LogP contribution < -0.4 is 20.5 Å². The van der Waals surface area contributed by atoms with E-state index in [0.717, 1.165) is 11.3 Å². The second kappa shape index (κ2) is 10.6. The van der Waals surface area contributed by atoms with Gasteiger partial charge < -0.3 is 25.3 Å². The molecule has 1 fully saturated rings. The first-order valence-electron chi connectivity index (χ1n) is 9.04. The molecule has 3 N–H and O–H groups in total. The number of hydrogen-bond donors (Lipinski definition) is 2. The SMILES string of the molecule is CCOc1ccc(C(C)NC(=O)C2(CN)CCOCC2)cc1OCC.Cl. The molecular formula is C19H31ClN2O4. The third kappa shape index (κ3) is 5.25. The summed E-state index contributed by atoms with van der Waals surface area (Å²) in [6.45, 7) is 8.46. The van der Waals surface area contributed by atoms with E-state index in [0.29, 0.717) is 51.6 Å². The molecule has 1 heterocycles. The number of carbonyl (C=O) groups excluding carboxylic acids is 1. The number of carbonyl (C=O) groups is 1. The first-order valence-corrected chi connectivity index (χ1v) is 9.04. The van der Waals surface area contributed by atoms with Crippen molar-refractivity contribution in [1.29, 1.82) is 0 Å². The summed E-state index contributed by atoms with van der Waals surface area (Å²) in [4.78, 5) is 12.8. The monoisotopic (exact) mass is 386 g/mol. The Morgan fingerprint density at radius 3 is 2.42 bits per heavy atom. The number of amides is 1. The second-order valence-corrected chi connectivity index (χ2v) is 6.36. The molecule has 7 heteroatoms. The lowest BCUT2D eigenvalue weighted by atomic mass is 9.79. The molecule has 1 unspecified atom stereocenters. The largest absolute Gasteiger partial charge is 0.490 e. The molecule has 26 heavy (non-hydrogen) atoms. The van der Waals surface area contributed by atoms with E-state index >= 15 is 0 Å². The molecule has 0 aromatic heterocycles. The van der Waals surface area contributed by atoms with Gasteiger partial charge in [-0.05, 0) is 51.3 Å². The lowest BCUT2D eigenvalue weighted by Gasteiger charge is -2.35. The van der Waals surface area contributed by atoms with Crippen LogP contribution in [-0.4, -0.2) is 38.9 Å². The van der Waals surface area contributed by atoms with Crippen LogP contribution in [0.15, 0.2) is 18.2 Å². The molecule has 148 valence electrons. The van der Waals surface area contributed by atoms with Gasteiger partial charge in [-0.2, -0.15) is 0 Å². The number of nitrogens with one attached hydrogen (secondary N) is 1. The zero-order chi connectivity index (χ0) is 18.3. The number of nitrogens with two attached hydrogens (primary N) is 1.